The fraction of sp³-hybridized carbons (Fsp3) is 0.320. The number of benzene rings is 2. The first-order chi connectivity index (χ1) is 14.6. The highest BCUT2D eigenvalue weighted by Gasteiger charge is 2.50. The molecule has 0 aliphatic carbocycles. The van der Waals surface area contributed by atoms with Crippen LogP contribution in [0.5, 0.6) is 0 Å². The second kappa shape index (κ2) is 8.67. The van der Waals surface area contributed by atoms with E-state index in [0.29, 0.717) is 12.1 Å². The quantitative estimate of drug-likeness (QED) is 0.425. The Labute approximate surface area is 185 Å². The minimum absolute atomic E-state index is 0.140. The third-order valence-electron chi connectivity index (χ3n) is 5.61. The van der Waals surface area contributed by atoms with Crippen LogP contribution < -0.4 is 0 Å². The number of halogens is 1. The van der Waals surface area contributed by atoms with Crippen molar-refractivity contribution in [2.24, 2.45) is 0 Å². The molecule has 0 radical (unpaired) electrons. The van der Waals surface area contributed by atoms with Gasteiger partial charge in [-0.2, -0.15) is 5.06 Å². The summed E-state index contributed by atoms with van der Waals surface area (Å²) >= 11 is 3.57. The lowest BCUT2D eigenvalue weighted by atomic mass is 10.0. The molecule has 3 aromatic rings. The van der Waals surface area contributed by atoms with E-state index in [9.17, 15) is 4.79 Å². The number of nitrogens with zero attached hydrogens (tertiary/aromatic N) is 2. The van der Waals surface area contributed by atoms with Crippen LogP contribution in [0.2, 0.25) is 0 Å². The number of fused-ring (bicyclic) bond motifs is 3. The fourth-order valence-electron chi connectivity index (χ4n) is 4.19. The molecule has 1 amide bonds. The van der Waals surface area contributed by atoms with Gasteiger partial charge in [-0.05, 0) is 42.5 Å². The fourth-order valence-corrected chi connectivity index (χ4v) is 4.54. The molecule has 1 atom stereocenters. The lowest BCUT2D eigenvalue weighted by Crippen LogP contribution is -2.45. The lowest BCUT2D eigenvalue weighted by Gasteiger charge is -2.34. The molecule has 30 heavy (non-hydrogen) atoms. The third kappa shape index (κ3) is 3.55. The van der Waals surface area contributed by atoms with Crippen LogP contribution in [0.3, 0.4) is 0 Å². The van der Waals surface area contributed by atoms with Gasteiger partial charge in [0.05, 0.1) is 12.6 Å². The number of aryl methyl sites for hydroxylation is 1. The summed E-state index contributed by atoms with van der Waals surface area (Å²) in [6.07, 6.45) is 4.26. The zero-order chi connectivity index (χ0) is 21.1. The summed E-state index contributed by atoms with van der Waals surface area (Å²) in [6.45, 7) is 2.15. The molecule has 1 unspecified atom stereocenters. The van der Waals surface area contributed by atoms with Crippen molar-refractivity contribution < 1.29 is 9.63 Å². The van der Waals surface area contributed by atoms with Gasteiger partial charge in [0.2, 0.25) is 5.66 Å². The van der Waals surface area contributed by atoms with E-state index in [-0.39, 0.29) is 5.91 Å². The van der Waals surface area contributed by atoms with E-state index in [1.54, 1.807) is 7.11 Å². The smallest absolute Gasteiger partial charge is 0.297 e. The lowest BCUT2D eigenvalue weighted by molar-refractivity contribution is -0.160. The molecule has 0 saturated carbocycles. The van der Waals surface area contributed by atoms with E-state index in [0.717, 1.165) is 41.1 Å². The minimum atomic E-state index is -0.837. The molecule has 0 fully saturated rings. The predicted molar refractivity (Wildman–Crippen MR) is 123 cm³/mol. The summed E-state index contributed by atoms with van der Waals surface area (Å²) in [6, 6.07) is 18.4. The Kier molecular flexibility index (Phi) is 5.99. The first kappa shape index (κ1) is 20.7. The van der Waals surface area contributed by atoms with Crippen LogP contribution in [0.15, 0.2) is 59.1 Å². The second-order valence-electron chi connectivity index (χ2n) is 7.56. The van der Waals surface area contributed by atoms with Crippen LogP contribution >= 0.6 is 15.9 Å². The molecule has 2 aromatic carbocycles. The maximum atomic E-state index is 13.2. The average molecular weight is 465 g/mol. The van der Waals surface area contributed by atoms with Crippen LogP contribution in [0, 0.1) is 11.8 Å². The van der Waals surface area contributed by atoms with Crippen molar-refractivity contribution in [3.05, 3.63) is 70.3 Å². The number of hydrogen-bond acceptors (Lipinski definition) is 2. The van der Waals surface area contributed by atoms with Crippen LogP contribution in [0.25, 0.3) is 10.9 Å². The summed E-state index contributed by atoms with van der Waals surface area (Å²) in [5.41, 5.74) is 2.03. The van der Waals surface area contributed by atoms with Crippen molar-refractivity contribution in [3.8, 4) is 11.8 Å². The zero-order valence-corrected chi connectivity index (χ0v) is 18.9. The molecule has 5 heteroatoms. The van der Waals surface area contributed by atoms with E-state index in [1.165, 1.54) is 10.6 Å². The van der Waals surface area contributed by atoms with Gasteiger partial charge in [-0.15, -0.1) is 0 Å². The Morgan fingerprint density at radius 2 is 1.93 bits per heavy atom. The van der Waals surface area contributed by atoms with E-state index in [1.807, 2.05) is 36.4 Å². The van der Waals surface area contributed by atoms with Gasteiger partial charge < -0.3 is 0 Å². The highest BCUT2D eigenvalue weighted by Crippen LogP contribution is 2.41. The molecule has 2 heterocycles. The summed E-state index contributed by atoms with van der Waals surface area (Å²) in [4.78, 5) is 18.8. The number of hydrogen-bond donors (Lipinski definition) is 0. The van der Waals surface area contributed by atoms with E-state index >= 15 is 0 Å². The molecule has 0 N–H and O–H groups in total. The van der Waals surface area contributed by atoms with Crippen LogP contribution in [0.1, 0.15) is 48.7 Å². The first-order valence-electron chi connectivity index (χ1n) is 10.3. The topological polar surface area (TPSA) is 34.5 Å². The number of carbonyl (C=O) groups excluding carboxylic acids is 1. The summed E-state index contributed by atoms with van der Waals surface area (Å²) in [7, 11) is 1.55. The molecule has 4 rings (SSSR count). The van der Waals surface area contributed by atoms with Crippen LogP contribution in [0.4, 0.5) is 0 Å². The summed E-state index contributed by atoms with van der Waals surface area (Å²) in [5.74, 6) is 6.69. The third-order valence-corrected chi connectivity index (χ3v) is 6.10. The first-order valence-corrected chi connectivity index (χ1v) is 11.1. The SMILES string of the molecule is CCCCC1(C#CCCc2ccccc2)N(OC)C(=O)c2cc3ccc(Br)cc3n21. The monoisotopic (exact) mass is 464 g/mol. The Morgan fingerprint density at radius 1 is 1.13 bits per heavy atom. The number of carbonyl (C=O) groups is 1. The second-order valence-corrected chi connectivity index (χ2v) is 8.47. The number of unbranched alkanes of at least 4 members (excludes halogenated alkanes) is 1. The molecular weight excluding hydrogens is 440 g/mol. The maximum Gasteiger partial charge on any atom is 0.297 e. The van der Waals surface area contributed by atoms with Gasteiger partial charge in [-0.3, -0.25) is 14.2 Å². The van der Waals surface area contributed by atoms with E-state index in [4.69, 9.17) is 4.84 Å². The standard InChI is InChI=1S/C25H25BrN2O2/c1-3-4-15-25(16-9-8-12-19-10-6-5-7-11-19)27-22-18-21(26)14-13-20(22)17-23(27)24(29)28(25)30-2/h5-7,10-11,13-14,17-18H,3-4,8,12,15H2,1-2H3. The Balaban J connectivity index is 1.79. The molecule has 4 nitrogen and oxygen atoms in total. The van der Waals surface area contributed by atoms with Crippen LogP contribution in [-0.4, -0.2) is 22.6 Å². The predicted octanol–water partition coefficient (Wildman–Crippen LogP) is 5.90. The maximum absolute atomic E-state index is 13.2. The molecule has 1 aliphatic rings. The van der Waals surface area contributed by atoms with Gasteiger partial charge in [-0.1, -0.05) is 71.6 Å². The van der Waals surface area contributed by atoms with Gasteiger partial charge in [0, 0.05) is 22.7 Å². The van der Waals surface area contributed by atoms with Crippen molar-refractivity contribution in [3.63, 3.8) is 0 Å². The highest BCUT2D eigenvalue weighted by atomic mass is 79.9. The van der Waals surface area contributed by atoms with Gasteiger partial charge >= 0.3 is 0 Å². The molecule has 1 aliphatic heterocycles. The van der Waals surface area contributed by atoms with Crippen LogP contribution in [-0.2, 0) is 16.9 Å². The van der Waals surface area contributed by atoms with E-state index < -0.39 is 5.66 Å². The number of amides is 1. The summed E-state index contributed by atoms with van der Waals surface area (Å²) in [5, 5.41) is 2.50. The van der Waals surface area contributed by atoms with Crippen molar-refractivity contribution in [2.75, 3.05) is 7.11 Å². The Morgan fingerprint density at radius 3 is 2.67 bits per heavy atom. The highest BCUT2D eigenvalue weighted by molar-refractivity contribution is 9.10. The number of rotatable bonds is 6. The molecule has 0 spiro atoms. The minimum Gasteiger partial charge on any atom is -0.300 e. The van der Waals surface area contributed by atoms with Gasteiger partial charge in [0.25, 0.3) is 5.91 Å². The largest absolute Gasteiger partial charge is 0.300 e. The molecule has 154 valence electrons. The number of aromatic nitrogens is 1. The Bertz CT molecular complexity index is 1130. The van der Waals surface area contributed by atoms with E-state index in [2.05, 4.69) is 57.5 Å². The van der Waals surface area contributed by atoms with Gasteiger partial charge in [-0.25, -0.2) is 0 Å². The molecule has 0 saturated heterocycles. The van der Waals surface area contributed by atoms with Gasteiger partial charge in [0.1, 0.15) is 5.69 Å². The number of hydroxylamine groups is 2. The van der Waals surface area contributed by atoms with Crippen molar-refractivity contribution in [2.45, 2.75) is 44.7 Å². The molecular formula is C25H25BrN2O2. The average Bonchev–Trinajstić information content (AvgIpc) is 3.24. The van der Waals surface area contributed by atoms with Crippen molar-refractivity contribution in [1.29, 1.82) is 0 Å². The van der Waals surface area contributed by atoms with Gasteiger partial charge in [0.15, 0.2) is 0 Å². The van der Waals surface area contributed by atoms with Crippen molar-refractivity contribution in [1.82, 2.24) is 9.63 Å². The molecule has 1 aromatic heterocycles. The summed E-state index contributed by atoms with van der Waals surface area (Å²) < 4.78 is 3.05. The molecule has 0 bridgehead atoms. The normalized spacial score (nSPS) is 17.8. The Hall–Kier alpha value is -2.55. The zero-order valence-electron chi connectivity index (χ0n) is 17.3. The van der Waals surface area contributed by atoms with Crippen molar-refractivity contribution >= 4 is 32.7 Å².